The predicted octanol–water partition coefficient (Wildman–Crippen LogP) is 0.393. The fourth-order valence-corrected chi connectivity index (χ4v) is 1.69. The standard InChI is InChI=1S/C12H14N2O4/c1-8(15)13-10-4-2-3-9(5-10)12(17)14-6-11(16)7-18-14/h2-5,11,16H,6-7H2,1H3,(H,13,15)/t11-/m1/s1. The van der Waals surface area contributed by atoms with Gasteiger partial charge in [0.05, 0.1) is 6.54 Å². The number of aliphatic hydroxyl groups is 1. The molecule has 0 radical (unpaired) electrons. The first-order valence-corrected chi connectivity index (χ1v) is 5.57. The summed E-state index contributed by atoms with van der Waals surface area (Å²) in [7, 11) is 0. The molecule has 2 N–H and O–H groups in total. The van der Waals surface area contributed by atoms with Gasteiger partial charge in [0.2, 0.25) is 5.91 Å². The van der Waals surface area contributed by atoms with Crippen molar-refractivity contribution in [3.8, 4) is 0 Å². The van der Waals surface area contributed by atoms with Crippen LogP contribution in [0.1, 0.15) is 17.3 Å². The summed E-state index contributed by atoms with van der Waals surface area (Å²) in [5.41, 5.74) is 0.948. The van der Waals surface area contributed by atoms with Gasteiger partial charge in [0.1, 0.15) is 12.7 Å². The van der Waals surface area contributed by atoms with Crippen LogP contribution in [0.25, 0.3) is 0 Å². The zero-order valence-electron chi connectivity index (χ0n) is 9.92. The van der Waals surface area contributed by atoms with Crippen LogP contribution >= 0.6 is 0 Å². The minimum absolute atomic E-state index is 0.122. The molecule has 1 aliphatic rings. The summed E-state index contributed by atoms with van der Waals surface area (Å²) in [4.78, 5) is 28.0. The molecule has 1 fully saturated rings. The van der Waals surface area contributed by atoms with Gasteiger partial charge < -0.3 is 10.4 Å². The number of benzene rings is 1. The molecule has 0 spiro atoms. The Morgan fingerprint density at radius 1 is 1.50 bits per heavy atom. The second-order valence-electron chi connectivity index (χ2n) is 4.08. The van der Waals surface area contributed by atoms with Crippen molar-refractivity contribution in [1.82, 2.24) is 5.06 Å². The van der Waals surface area contributed by atoms with E-state index in [1.807, 2.05) is 0 Å². The summed E-state index contributed by atoms with van der Waals surface area (Å²) in [6.07, 6.45) is -0.646. The third kappa shape index (κ3) is 2.85. The first kappa shape index (κ1) is 12.5. The molecule has 0 unspecified atom stereocenters. The second-order valence-corrected chi connectivity index (χ2v) is 4.08. The largest absolute Gasteiger partial charge is 0.389 e. The van der Waals surface area contributed by atoms with Gasteiger partial charge >= 0.3 is 0 Å². The SMILES string of the molecule is CC(=O)Nc1cccc(C(=O)N2C[C@@H](O)CO2)c1. The highest BCUT2D eigenvalue weighted by atomic mass is 16.7. The van der Waals surface area contributed by atoms with E-state index in [0.717, 1.165) is 5.06 Å². The summed E-state index contributed by atoms with van der Waals surface area (Å²) in [6.45, 7) is 1.68. The van der Waals surface area contributed by atoms with Crippen molar-refractivity contribution in [3.05, 3.63) is 29.8 Å². The fraction of sp³-hybridized carbons (Fsp3) is 0.333. The fourth-order valence-electron chi connectivity index (χ4n) is 1.69. The molecule has 6 heteroatoms. The zero-order valence-corrected chi connectivity index (χ0v) is 9.92. The molecule has 0 saturated carbocycles. The van der Waals surface area contributed by atoms with E-state index >= 15 is 0 Å². The number of carbonyl (C=O) groups is 2. The Labute approximate surface area is 104 Å². The quantitative estimate of drug-likeness (QED) is 0.796. The molecule has 1 aliphatic heterocycles. The second kappa shape index (κ2) is 5.16. The Kier molecular flexibility index (Phi) is 3.59. The molecular weight excluding hydrogens is 236 g/mol. The maximum atomic E-state index is 12.0. The highest BCUT2D eigenvalue weighted by Crippen LogP contribution is 2.15. The number of rotatable bonds is 2. The number of carbonyl (C=O) groups excluding carboxylic acids is 2. The molecule has 0 aliphatic carbocycles. The number of amides is 2. The van der Waals surface area contributed by atoms with Crippen LogP contribution in [0, 0.1) is 0 Å². The van der Waals surface area contributed by atoms with Crippen molar-refractivity contribution in [3.63, 3.8) is 0 Å². The Bertz CT molecular complexity index is 475. The normalized spacial score (nSPS) is 18.8. The summed E-state index contributed by atoms with van der Waals surface area (Å²) in [5, 5.41) is 13.0. The first-order chi connectivity index (χ1) is 8.56. The van der Waals surface area contributed by atoms with E-state index in [0.29, 0.717) is 11.3 Å². The molecule has 1 saturated heterocycles. The number of nitrogens with one attached hydrogen (secondary N) is 1. The van der Waals surface area contributed by atoms with Gasteiger partial charge in [0.25, 0.3) is 5.91 Å². The summed E-state index contributed by atoms with van der Waals surface area (Å²) < 4.78 is 0. The van der Waals surface area contributed by atoms with Crippen molar-refractivity contribution in [1.29, 1.82) is 0 Å². The lowest BCUT2D eigenvalue weighted by Crippen LogP contribution is -2.28. The van der Waals surface area contributed by atoms with Gasteiger partial charge in [0, 0.05) is 18.2 Å². The summed E-state index contributed by atoms with van der Waals surface area (Å²) in [6, 6.07) is 6.56. The topological polar surface area (TPSA) is 78.9 Å². The summed E-state index contributed by atoms with van der Waals surface area (Å²) >= 11 is 0. The highest BCUT2D eigenvalue weighted by molar-refractivity contribution is 5.96. The van der Waals surface area contributed by atoms with E-state index in [-0.39, 0.29) is 25.0 Å². The number of nitrogens with zero attached hydrogens (tertiary/aromatic N) is 1. The van der Waals surface area contributed by atoms with Crippen molar-refractivity contribution in [2.45, 2.75) is 13.0 Å². The first-order valence-electron chi connectivity index (χ1n) is 5.57. The van der Waals surface area contributed by atoms with Crippen LogP contribution in [0.4, 0.5) is 5.69 Å². The molecule has 6 nitrogen and oxygen atoms in total. The minimum atomic E-state index is -0.646. The van der Waals surface area contributed by atoms with Gasteiger partial charge in [-0.25, -0.2) is 5.06 Å². The number of aliphatic hydroxyl groups excluding tert-OH is 1. The van der Waals surface area contributed by atoms with Gasteiger partial charge in [-0.15, -0.1) is 0 Å². The van der Waals surface area contributed by atoms with Crippen molar-refractivity contribution >= 4 is 17.5 Å². The van der Waals surface area contributed by atoms with Crippen LogP contribution in [0.2, 0.25) is 0 Å². The maximum absolute atomic E-state index is 12.0. The summed E-state index contributed by atoms with van der Waals surface area (Å²) in [5.74, 6) is -0.536. The van der Waals surface area contributed by atoms with Gasteiger partial charge in [-0.3, -0.25) is 14.4 Å². The lowest BCUT2D eigenvalue weighted by atomic mass is 10.2. The van der Waals surface area contributed by atoms with E-state index in [9.17, 15) is 14.7 Å². The van der Waals surface area contributed by atoms with Crippen LogP contribution in [-0.2, 0) is 9.63 Å². The number of hydroxylamine groups is 2. The number of hydrogen-bond donors (Lipinski definition) is 2. The lowest BCUT2D eigenvalue weighted by Gasteiger charge is -2.14. The van der Waals surface area contributed by atoms with Gasteiger partial charge in [-0.05, 0) is 18.2 Å². The molecule has 1 heterocycles. The Morgan fingerprint density at radius 3 is 2.89 bits per heavy atom. The van der Waals surface area contributed by atoms with E-state index in [4.69, 9.17) is 4.84 Å². The molecule has 96 valence electrons. The van der Waals surface area contributed by atoms with Crippen LogP contribution < -0.4 is 5.32 Å². The molecule has 1 aromatic carbocycles. The van der Waals surface area contributed by atoms with Gasteiger partial charge in [-0.1, -0.05) is 6.07 Å². The van der Waals surface area contributed by atoms with E-state index in [2.05, 4.69) is 5.32 Å². The van der Waals surface area contributed by atoms with E-state index in [1.54, 1.807) is 24.3 Å². The third-order valence-corrected chi connectivity index (χ3v) is 2.46. The molecular formula is C12H14N2O4. The Hall–Kier alpha value is -1.92. The van der Waals surface area contributed by atoms with Crippen LogP contribution in [-0.4, -0.2) is 41.2 Å². The van der Waals surface area contributed by atoms with Crippen LogP contribution in [0.15, 0.2) is 24.3 Å². The maximum Gasteiger partial charge on any atom is 0.277 e. The van der Waals surface area contributed by atoms with Crippen molar-refractivity contribution < 1.29 is 19.5 Å². The smallest absolute Gasteiger partial charge is 0.277 e. The molecule has 2 rings (SSSR count). The third-order valence-electron chi connectivity index (χ3n) is 2.46. The van der Waals surface area contributed by atoms with Crippen molar-refractivity contribution in [2.75, 3.05) is 18.5 Å². The van der Waals surface area contributed by atoms with Gasteiger partial charge in [-0.2, -0.15) is 0 Å². The number of anilines is 1. The van der Waals surface area contributed by atoms with Crippen molar-refractivity contribution in [2.24, 2.45) is 0 Å². The van der Waals surface area contributed by atoms with E-state index in [1.165, 1.54) is 6.92 Å². The number of β-amino-alcohol motifs (C(OH)–C–C–N with tert-alkyl or cyclic N) is 1. The molecule has 18 heavy (non-hydrogen) atoms. The minimum Gasteiger partial charge on any atom is -0.389 e. The van der Waals surface area contributed by atoms with E-state index < -0.39 is 6.10 Å². The number of hydrogen-bond acceptors (Lipinski definition) is 4. The van der Waals surface area contributed by atoms with Crippen LogP contribution in [0.3, 0.4) is 0 Å². The zero-order chi connectivity index (χ0) is 13.1. The monoisotopic (exact) mass is 250 g/mol. The molecule has 0 bridgehead atoms. The lowest BCUT2D eigenvalue weighted by molar-refractivity contribution is -0.114. The van der Waals surface area contributed by atoms with Gasteiger partial charge in [0.15, 0.2) is 0 Å². The Morgan fingerprint density at radius 2 is 2.28 bits per heavy atom. The molecule has 2 amide bonds. The molecule has 1 atom stereocenters. The Balaban J connectivity index is 2.12. The predicted molar refractivity (Wildman–Crippen MR) is 63.7 cm³/mol. The van der Waals surface area contributed by atoms with Crippen LogP contribution in [0.5, 0.6) is 0 Å². The molecule has 1 aromatic rings. The average molecular weight is 250 g/mol. The molecule has 0 aromatic heterocycles. The highest BCUT2D eigenvalue weighted by Gasteiger charge is 2.27. The average Bonchev–Trinajstić information content (AvgIpc) is 2.74.